The molecule has 1 aromatic carbocycles. The summed E-state index contributed by atoms with van der Waals surface area (Å²) in [5.74, 6) is 0.420. The highest BCUT2D eigenvalue weighted by Crippen LogP contribution is 2.37. The van der Waals surface area contributed by atoms with E-state index in [1.807, 2.05) is 17.8 Å². The van der Waals surface area contributed by atoms with Crippen LogP contribution in [0.1, 0.15) is 43.1 Å². The number of nitrogens with zero attached hydrogens (tertiary/aromatic N) is 2. The fourth-order valence-corrected chi connectivity index (χ4v) is 3.70. The molecule has 1 atom stereocenters. The number of carbonyl (C=O) groups excluding carboxylic acids is 1. The predicted octanol–water partition coefficient (Wildman–Crippen LogP) is 2.48. The van der Waals surface area contributed by atoms with Crippen LogP contribution in [0.3, 0.4) is 0 Å². The molecule has 0 saturated heterocycles. The molecule has 0 bridgehead atoms. The number of nitrogens with one attached hydrogen (secondary N) is 1. The van der Waals surface area contributed by atoms with Gasteiger partial charge in [0, 0.05) is 26.0 Å². The Morgan fingerprint density at radius 1 is 1.36 bits per heavy atom. The van der Waals surface area contributed by atoms with Gasteiger partial charge in [0.1, 0.15) is 11.6 Å². The molecule has 3 N–H and O–H groups in total. The van der Waals surface area contributed by atoms with E-state index in [0.717, 1.165) is 37.1 Å². The molecule has 5 nitrogen and oxygen atoms in total. The summed E-state index contributed by atoms with van der Waals surface area (Å²) in [5.41, 5.74) is 6.24. The van der Waals surface area contributed by atoms with Gasteiger partial charge in [0.15, 0.2) is 0 Å². The number of hydrogen-bond donors (Lipinski definition) is 2. The third-order valence-electron chi connectivity index (χ3n) is 5.29. The minimum absolute atomic E-state index is 0.0673. The van der Waals surface area contributed by atoms with E-state index in [1.54, 1.807) is 18.3 Å². The van der Waals surface area contributed by atoms with Crippen molar-refractivity contribution in [1.29, 1.82) is 0 Å². The second-order valence-electron chi connectivity index (χ2n) is 7.01. The van der Waals surface area contributed by atoms with Gasteiger partial charge < -0.3 is 15.6 Å². The number of hydrogen-bond acceptors (Lipinski definition) is 3. The maximum Gasteiger partial charge on any atom is 0.224 e. The molecule has 0 radical (unpaired) electrons. The van der Waals surface area contributed by atoms with Gasteiger partial charge in [0.25, 0.3) is 0 Å². The number of rotatable bonds is 7. The van der Waals surface area contributed by atoms with Crippen LogP contribution >= 0.6 is 0 Å². The lowest BCUT2D eigenvalue weighted by Crippen LogP contribution is -2.44. The summed E-state index contributed by atoms with van der Waals surface area (Å²) in [7, 11) is 1.95. The Balaban J connectivity index is 1.78. The first-order valence-corrected chi connectivity index (χ1v) is 8.75. The van der Waals surface area contributed by atoms with Crippen molar-refractivity contribution in [3.63, 3.8) is 0 Å². The number of benzene rings is 1. The smallest absolute Gasteiger partial charge is 0.224 e. The molecule has 134 valence electrons. The summed E-state index contributed by atoms with van der Waals surface area (Å²) in [4.78, 5) is 16.5. The molecule has 1 aliphatic rings. The molecule has 0 aliphatic heterocycles. The molecule has 1 saturated carbocycles. The molecule has 2 aromatic rings. The molecule has 1 fully saturated rings. The van der Waals surface area contributed by atoms with Crippen LogP contribution in [0.15, 0.2) is 36.7 Å². The van der Waals surface area contributed by atoms with Gasteiger partial charge in [-0.15, -0.1) is 0 Å². The van der Waals surface area contributed by atoms with Crippen molar-refractivity contribution >= 4 is 5.91 Å². The molecular formula is C19H25FN4O. The molecule has 25 heavy (non-hydrogen) atoms. The SMILES string of the molecule is Cn1ccnc1C(Cc1ccc(F)cc1)NCC1(C(N)=O)CCCC1. The van der Waals surface area contributed by atoms with Crippen LogP contribution in [0.25, 0.3) is 0 Å². The van der Waals surface area contributed by atoms with Crippen LogP contribution in [0.4, 0.5) is 4.39 Å². The van der Waals surface area contributed by atoms with Gasteiger partial charge in [0.05, 0.1) is 11.5 Å². The van der Waals surface area contributed by atoms with Crippen LogP contribution in [-0.2, 0) is 18.3 Å². The van der Waals surface area contributed by atoms with Crippen LogP contribution in [0.2, 0.25) is 0 Å². The molecule has 0 spiro atoms. The topological polar surface area (TPSA) is 72.9 Å². The number of aromatic nitrogens is 2. The van der Waals surface area contributed by atoms with Crippen molar-refractivity contribution in [2.75, 3.05) is 6.54 Å². The van der Waals surface area contributed by atoms with E-state index in [2.05, 4.69) is 10.3 Å². The van der Waals surface area contributed by atoms with Gasteiger partial charge in [-0.2, -0.15) is 0 Å². The Bertz CT molecular complexity index is 719. The molecule has 1 heterocycles. The van der Waals surface area contributed by atoms with Crippen LogP contribution in [0.5, 0.6) is 0 Å². The van der Waals surface area contributed by atoms with E-state index >= 15 is 0 Å². The van der Waals surface area contributed by atoms with Crippen molar-refractivity contribution in [2.45, 2.75) is 38.1 Å². The lowest BCUT2D eigenvalue weighted by atomic mass is 9.85. The normalized spacial score (nSPS) is 17.5. The zero-order valence-electron chi connectivity index (χ0n) is 14.5. The first-order chi connectivity index (χ1) is 12.0. The van der Waals surface area contributed by atoms with Gasteiger partial charge in [-0.3, -0.25) is 4.79 Å². The third-order valence-corrected chi connectivity index (χ3v) is 5.29. The van der Waals surface area contributed by atoms with E-state index in [4.69, 9.17) is 5.73 Å². The quantitative estimate of drug-likeness (QED) is 0.810. The molecule has 1 amide bonds. The summed E-state index contributed by atoms with van der Waals surface area (Å²) in [6, 6.07) is 6.43. The van der Waals surface area contributed by atoms with Gasteiger partial charge in [-0.25, -0.2) is 9.37 Å². The average molecular weight is 344 g/mol. The zero-order valence-corrected chi connectivity index (χ0v) is 14.5. The Kier molecular flexibility index (Phi) is 5.18. The molecule has 6 heteroatoms. The number of amides is 1. The Hall–Kier alpha value is -2.21. The molecular weight excluding hydrogens is 319 g/mol. The highest BCUT2D eigenvalue weighted by Gasteiger charge is 2.39. The van der Waals surface area contributed by atoms with E-state index in [0.29, 0.717) is 13.0 Å². The van der Waals surface area contributed by atoms with Crippen molar-refractivity contribution in [3.05, 3.63) is 53.9 Å². The Labute approximate surface area is 147 Å². The maximum atomic E-state index is 13.2. The van der Waals surface area contributed by atoms with E-state index < -0.39 is 5.41 Å². The fraction of sp³-hybridized carbons (Fsp3) is 0.474. The number of carbonyl (C=O) groups is 1. The predicted molar refractivity (Wildman–Crippen MR) is 94.2 cm³/mol. The van der Waals surface area contributed by atoms with Crippen LogP contribution in [-0.4, -0.2) is 22.0 Å². The minimum Gasteiger partial charge on any atom is -0.369 e. The molecule has 3 rings (SSSR count). The second-order valence-corrected chi connectivity index (χ2v) is 7.01. The Morgan fingerprint density at radius 2 is 2.04 bits per heavy atom. The zero-order chi connectivity index (χ0) is 17.9. The third kappa shape index (κ3) is 3.90. The Morgan fingerprint density at radius 3 is 2.60 bits per heavy atom. The first kappa shape index (κ1) is 17.6. The summed E-state index contributed by atoms with van der Waals surface area (Å²) in [6.45, 7) is 0.543. The molecule has 1 aromatic heterocycles. The largest absolute Gasteiger partial charge is 0.369 e. The second kappa shape index (κ2) is 7.35. The van der Waals surface area contributed by atoms with E-state index in [1.165, 1.54) is 12.1 Å². The molecule has 1 unspecified atom stereocenters. The first-order valence-electron chi connectivity index (χ1n) is 8.75. The van der Waals surface area contributed by atoms with Gasteiger partial charge in [-0.1, -0.05) is 25.0 Å². The van der Waals surface area contributed by atoms with Crippen molar-refractivity contribution < 1.29 is 9.18 Å². The summed E-state index contributed by atoms with van der Waals surface area (Å²) < 4.78 is 15.1. The lowest BCUT2D eigenvalue weighted by molar-refractivity contribution is -0.127. The maximum absolute atomic E-state index is 13.2. The van der Waals surface area contributed by atoms with Gasteiger partial charge >= 0.3 is 0 Å². The van der Waals surface area contributed by atoms with Gasteiger partial charge in [-0.05, 0) is 37.0 Å². The number of halogens is 1. The van der Waals surface area contributed by atoms with E-state index in [-0.39, 0.29) is 17.8 Å². The highest BCUT2D eigenvalue weighted by atomic mass is 19.1. The van der Waals surface area contributed by atoms with Crippen LogP contribution in [0, 0.1) is 11.2 Å². The average Bonchev–Trinajstić information content (AvgIpc) is 3.23. The number of primary amides is 1. The number of imidazole rings is 1. The summed E-state index contributed by atoms with van der Waals surface area (Å²) in [5, 5.41) is 3.51. The fourth-order valence-electron chi connectivity index (χ4n) is 3.70. The summed E-state index contributed by atoms with van der Waals surface area (Å²) >= 11 is 0. The van der Waals surface area contributed by atoms with Crippen molar-refractivity contribution in [2.24, 2.45) is 18.2 Å². The molecule has 1 aliphatic carbocycles. The van der Waals surface area contributed by atoms with Crippen molar-refractivity contribution in [3.8, 4) is 0 Å². The standard InChI is InChI=1S/C19H25FN4O/c1-24-11-10-22-17(24)16(12-14-4-6-15(20)7-5-14)23-13-19(18(21)25)8-2-3-9-19/h4-7,10-11,16,23H,2-3,8-9,12-13H2,1H3,(H2,21,25). The highest BCUT2D eigenvalue weighted by molar-refractivity contribution is 5.81. The number of nitrogens with two attached hydrogens (primary N) is 1. The number of aryl methyl sites for hydroxylation is 1. The minimum atomic E-state index is -0.466. The monoisotopic (exact) mass is 344 g/mol. The van der Waals surface area contributed by atoms with Gasteiger partial charge in [0.2, 0.25) is 5.91 Å². The van der Waals surface area contributed by atoms with E-state index in [9.17, 15) is 9.18 Å². The lowest BCUT2D eigenvalue weighted by Gasteiger charge is -2.28. The summed E-state index contributed by atoms with van der Waals surface area (Å²) in [6.07, 6.45) is 8.06. The van der Waals surface area contributed by atoms with Crippen molar-refractivity contribution in [1.82, 2.24) is 14.9 Å². The van der Waals surface area contributed by atoms with Crippen LogP contribution < -0.4 is 11.1 Å².